The van der Waals surface area contributed by atoms with E-state index in [1.54, 1.807) is 0 Å². The van der Waals surface area contributed by atoms with Gasteiger partial charge in [-0.3, -0.25) is 0 Å². The number of imidazole rings is 1. The maximum absolute atomic E-state index is 5.76. The minimum absolute atomic E-state index is 0.635. The van der Waals surface area contributed by atoms with Gasteiger partial charge in [-0.25, -0.2) is 4.98 Å². The lowest BCUT2D eigenvalue weighted by atomic mass is 9.96. The minimum atomic E-state index is 0.635. The third-order valence-corrected chi connectivity index (χ3v) is 4.94. The third kappa shape index (κ3) is 4.92. The number of aromatic nitrogens is 2. The zero-order valence-electron chi connectivity index (χ0n) is 14.7. The second-order valence-electron chi connectivity index (χ2n) is 6.76. The van der Waals surface area contributed by atoms with Crippen molar-refractivity contribution in [2.24, 2.45) is 7.05 Å². The average molecular weight is 327 g/mol. The van der Waals surface area contributed by atoms with E-state index in [1.165, 1.54) is 50.3 Å². The smallest absolute Gasteiger partial charge is 0.111 e. The van der Waals surface area contributed by atoms with Crippen LogP contribution in [0.1, 0.15) is 43.0 Å². The monoisotopic (exact) mass is 327 g/mol. The molecule has 1 aromatic heterocycles. The molecule has 2 heterocycles. The van der Waals surface area contributed by atoms with E-state index >= 15 is 0 Å². The summed E-state index contributed by atoms with van der Waals surface area (Å²) >= 11 is 0. The number of unbranched alkanes of at least 4 members (excludes halogenated alkanes) is 1. The molecule has 4 nitrogen and oxygen atoms in total. The Morgan fingerprint density at radius 1 is 1.12 bits per heavy atom. The van der Waals surface area contributed by atoms with E-state index in [2.05, 4.69) is 52.0 Å². The van der Waals surface area contributed by atoms with Crippen LogP contribution in [0.5, 0.6) is 0 Å². The van der Waals surface area contributed by atoms with Crippen LogP contribution in [-0.2, 0) is 18.4 Å². The maximum atomic E-state index is 5.76. The molecule has 0 amide bonds. The zero-order chi connectivity index (χ0) is 16.6. The molecule has 1 aromatic carbocycles. The van der Waals surface area contributed by atoms with Crippen molar-refractivity contribution in [1.29, 1.82) is 0 Å². The molecule has 0 atom stereocenters. The van der Waals surface area contributed by atoms with Gasteiger partial charge in [0.05, 0.1) is 6.61 Å². The van der Waals surface area contributed by atoms with Crippen LogP contribution in [0.25, 0.3) is 0 Å². The Morgan fingerprint density at radius 2 is 1.92 bits per heavy atom. The van der Waals surface area contributed by atoms with Crippen molar-refractivity contribution >= 4 is 0 Å². The molecular formula is C20H29N3O. The van der Waals surface area contributed by atoms with E-state index in [0.717, 1.165) is 19.6 Å². The zero-order valence-corrected chi connectivity index (χ0v) is 14.7. The average Bonchev–Trinajstić information content (AvgIpc) is 3.05. The number of aryl methyl sites for hydroxylation is 1. The quantitative estimate of drug-likeness (QED) is 0.694. The molecule has 130 valence electrons. The Morgan fingerprint density at radius 3 is 2.62 bits per heavy atom. The number of ether oxygens (including phenoxy) is 1. The molecule has 1 fully saturated rings. The number of piperidine rings is 1. The SMILES string of the molecule is Cn1ccnc1C1CCN(CCCCOCc2ccccc2)CC1. The summed E-state index contributed by atoms with van der Waals surface area (Å²) in [5, 5.41) is 0. The molecular weight excluding hydrogens is 298 g/mol. The lowest BCUT2D eigenvalue weighted by Crippen LogP contribution is -2.34. The van der Waals surface area contributed by atoms with Gasteiger partial charge in [0.25, 0.3) is 0 Å². The van der Waals surface area contributed by atoms with Crippen LogP contribution in [0.4, 0.5) is 0 Å². The Hall–Kier alpha value is -1.65. The maximum Gasteiger partial charge on any atom is 0.111 e. The van der Waals surface area contributed by atoms with E-state index in [4.69, 9.17) is 4.74 Å². The van der Waals surface area contributed by atoms with Gasteiger partial charge in [-0.1, -0.05) is 30.3 Å². The summed E-state index contributed by atoms with van der Waals surface area (Å²) < 4.78 is 7.93. The molecule has 1 aliphatic rings. The highest BCUT2D eigenvalue weighted by molar-refractivity contribution is 5.13. The Bertz CT molecular complexity index is 588. The van der Waals surface area contributed by atoms with Crippen molar-refractivity contribution in [2.75, 3.05) is 26.2 Å². The molecule has 3 rings (SSSR count). The van der Waals surface area contributed by atoms with Gasteiger partial charge in [-0.2, -0.15) is 0 Å². The molecule has 0 unspecified atom stereocenters. The second kappa shape index (κ2) is 9.00. The largest absolute Gasteiger partial charge is 0.377 e. The van der Waals surface area contributed by atoms with E-state index in [9.17, 15) is 0 Å². The summed E-state index contributed by atoms with van der Waals surface area (Å²) in [6.45, 7) is 5.18. The van der Waals surface area contributed by atoms with E-state index < -0.39 is 0 Å². The molecule has 0 radical (unpaired) electrons. The Balaban J connectivity index is 1.25. The minimum Gasteiger partial charge on any atom is -0.377 e. The first-order valence-corrected chi connectivity index (χ1v) is 9.14. The fourth-order valence-corrected chi connectivity index (χ4v) is 3.49. The van der Waals surface area contributed by atoms with Gasteiger partial charge < -0.3 is 14.2 Å². The Kier molecular flexibility index (Phi) is 6.44. The summed E-state index contributed by atoms with van der Waals surface area (Å²) in [7, 11) is 2.10. The van der Waals surface area contributed by atoms with Gasteiger partial charge in [-0.15, -0.1) is 0 Å². The molecule has 0 saturated carbocycles. The van der Waals surface area contributed by atoms with Crippen LogP contribution in [0.15, 0.2) is 42.7 Å². The van der Waals surface area contributed by atoms with Crippen molar-refractivity contribution in [3.63, 3.8) is 0 Å². The van der Waals surface area contributed by atoms with Crippen LogP contribution in [0.2, 0.25) is 0 Å². The number of hydrogen-bond donors (Lipinski definition) is 0. The van der Waals surface area contributed by atoms with Crippen LogP contribution < -0.4 is 0 Å². The molecule has 0 spiro atoms. The Labute approximate surface area is 145 Å². The van der Waals surface area contributed by atoms with Crippen LogP contribution in [-0.4, -0.2) is 40.7 Å². The molecule has 0 aliphatic carbocycles. The van der Waals surface area contributed by atoms with Crippen molar-refractivity contribution in [1.82, 2.24) is 14.5 Å². The topological polar surface area (TPSA) is 30.3 Å². The first-order chi connectivity index (χ1) is 11.8. The highest BCUT2D eigenvalue weighted by Gasteiger charge is 2.22. The molecule has 4 heteroatoms. The lowest BCUT2D eigenvalue weighted by molar-refractivity contribution is 0.112. The van der Waals surface area contributed by atoms with Crippen molar-refractivity contribution in [2.45, 2.75) is 38.2 Å². The molecule has 0 bridgehead atoms. The third-order valence-electron chi connectivity index (χ3n) is 4.94. The van der Waals surface area contributed by atoms with Gasteiger partial charge in [0.2, 0.25) is 0 Å². The normalized spacial score (nSPS) is 16.5. The molecule has 0 N–H and O–H groups in total. The standard InChI is InChI=1S/C20H29N3O/c1-22-15-11-21-20(22)19-9-13-23(14-10-19)12-5-6-16-24-17-18-7-3-2-4-8-18/h2-4,7-8,11,15,19H,5-6,9-10,12-14,16-17H2,1H3. The first-order valence-electron chi connectivity index (χ1n) is 9.14. The molecule has 2 aromatic rings. The number of benzene rings is 1. The van der Waals surface area contributed by atoms with Crippen LogP contribution in [0.3, 0.4) is 0 Å². The number of hydrogen-bond acceptors (Lipinski definition) is 3. The summed E-state index contributed by atoms with van der Waals surface area (Å²) in [6, 6.07) is 10.4. The van der Waals surface area contributed by atoms with Crippen LogP contribution >= 0.6 is 0 Å². The number of nitrogens with zero attached hydrogens (tertiary/aromatic N) is 3. The number of rotatable bonds is 8. The van der Waals surface area contributed by atoms with Crippen molar-refractivity contribution < 1.29 is 4.74 Å². The summed E-state index contributed by atoms with van der Waals surface area (Å²) in [4.78, 5) is 7.11. The van der Waals surface area contributed by atoms with Gasteiger partial charge in [-0.05, 0) is 50.9 Å². The fraction of sp³-hybridized carbons (Fsp3) is 0.550. The predicted octanol–water partition coefficient (Wildman–Crippen LogP) is 3.60. The molecule has 1 aliphatic heterocycles. The van der Waals surface area contributed by atoms with E-state index in [0.29, 0.717) is 5.92 Å². The fourth-order valence-electron chi connectivity index (χ4n) is 3.49. The van der Waals surface area contributed by atoms with Crippen molar-refractivity contribution in [3.05, 3.63) is 54.1 Å². The molecule has 24 heavy (non-hydrogen) atoms. The van der Waals surface area contributed by atoms with Gasteiger partial charge in [0, 0.05) is 32.0 Å². The van der Waals surface area contributed by atoms with E-state index in [-0.39, 0.29) is 0 Å². The highest BCUT2D eigenvalue weighted by Crippen LogP contribution is 2.26. The summed E-state index contributed by atoms with van der Waals surface area (Å²) in [5.41, 5.74) is 1.26. The van der Waals surface area contributed by atoms with Crippen LogP contribution in [0, 0.1) is 0 Å². The molecule has 1 saturated heterocycles. The van der Waals surface area contributed by atoms with Gasteiger partial charge in [0.1, 0.15) is 5.82 Å². The first kappa shape index (κ1) is 17.2. The number of likely N-dealkylation sites (tertiary alicyclic amines) is 1. The summed E-state index contributed by atoms with van der Waals surface area (Å²) in [6.07, 6.45) is 8.80. The lowest BCUT2D eigenvalue weighted by Gasteiger charge is -2.31. The second-order valence-corrected chi connectivity index (χ2v) is 6.76. The van der Waals surface area contributed by atoms with Gasteiger partial charge in [0.15, 0.2) is 0 Å². The van der Waals surface area contributed by atoms with Crippen molar-refractivity contribution in [3.8, 4) is 0 Å². The predicted molar refractivity (Wildman–Crippen MR) is 97.0 cm³/mol. The van der Waals surface area contributed by atoms with E-state index in [1.807, 2.05) is 12.3 Å². The summed E-state index contributed by atoms with van der Waals surface area (Å²) in [5.74, 6) is 1.89. The highest BCUT2D eigenvalue weighted by atomic mass is 16.5. The van der Waals surface area contributed by atoms with Gasteiger partial charge >= 0.3 is 0 Å².